The summed E-state index contributed by atoms with van der Waals surface area (Å²) in [6.07, 6.45) is 16.6. The molecule has 0 radical (unpaired) electrons. The maximum atomic E-state index is 2.45. The monoisotopic (exact) mass is 236 g/mol. The molecule has 17 heavy (non-hydrogen) atoms. The second-order valence-corrected chi connectivity index (χ2v) is 6.70. The summed E-state index contributed by atoms with van der Waals surface area (Å²) < 4.78 is 0. The Balaban J connectivity index is 1.85. The van der Waals surface area contributed by atoms with Crippen molar-refractivity contribution in [2.75, 3.05) is 0 Å². The predicted octanol–water partition coefficient (Wildman–Crippen LogP) is 5.81. The molecular formula is C17H32. The van der Waals surface area contributed by atoms with Crippen LogP contribution in [-0.2, 0) is 0 Å². The van der Waals surface area contributed by atoms with Crippen LogP contribution in [0.3, 0.4) is 0 Å². The largest absolute Gasteiger partial charge is 0.0654 e. The molecule has 2 fully saturated rings. The van der Waals surface area contributed by atoms with Crippen molar-refractivity contribution >= 4 is 0 Å². The fourth-order valence-electron chi connectivity index (χ4n) is 4.05. The first-order valence-electron chi connectivity index (χ1n) is 8.35. The van der Waals surface area contributed by atoms with Gasteiger partial charge in [-0.25, -0.2) is 0 Å². The van der Waals surface area contributed by atoms with Crippen molar-refractivity contribution in [3.05, 3.63) is 0 Å². The Morgan fingerprint density at radius 2 is 1.71 bits per heavy atom. The molecule has 0 heterocycles. The number of hydrogen-bond acceptors (Lipinski definition) is 0. The molecule has 0 aromatic rings. The van der Waals surface area contributed by atoms with Gasteiger partial charge in [-0.1, -0.05) is 78.1 Å². The Bertz CT molecular complexity index is 200. The van der Waals surface area contributed by atoms with Crippen LogP contribution in [0.1, 0.15) is 84.5 Å². The van der Waals surface area contributed by atoms with E-state index in [1.165, 1.54) is 38.5 Å². The van der Waals surface area contributed by atoms with Gasteiger partial charge in [0.05, 0.1) is 0 Å². The number of unbranched alkanes of at least 4 members (excludes halogenated alkanes) is 1. The lowest BCUT2D eigenvalue weighted by molar-refractivity contribution is 0.0993. The molecule has 0 bridgehead atoms. The Labute approximate surface area is 109 Å². The quantitative estimate of drug-likeness (QED) is 0.499. The lowest BCUT2D eigenvalue weighted by Gasteiger charge is -2.41. The number of rotatable bonds is 8. The Morgan fingerprint density at radius 3 is 2.12 bits per heavy atom. The van der Waals surface area contributed by atoms with Crippen LogP contribution in [0.15, 0.2) is 0 Å². The molecule has 100 valence electrons. The van der Waals surface area contributed by atoms with Crippen LogP contribution < -0.4 is 0 Å². The first-order chi connectivity index (χ1) is 8.35. The maximum Gasteiger partial charge on any atom is -0.0360 e. The topological polar surface area (TPSA) is 0 Å². The third-order valence-electron chi connectivity index (χ3n) is 5.62. The molecule has 2 aliphatic carbocycles. The van der Waals surface area contributed by atoms with Crippen molar-refractivity contribution in [1.82, 2.24) is 0 Å². The average molecular weight is 236 g/mol. The predicted molar refractivity (Wildman–Crippen MR) is 76.1 cm³/mol. The van der Waals surface area contributed by atoms with Crippen LogP contribution in [0, 0.1) is 23.7 Å². The van der Waals surface area contributed by atoms with Crippen LogP contribution in [0.2, 0.25) is 0 Å². The van der Waals surface area contributed by atoms with E-state index in [4.69, 9.17) is 0 Å². The normalized spacial score (nSPS) is 25.1. The van der Waals surface area contributed by atoms with Gasteiger partial charge in [-0.05, 0) is 30.1 Å². The summed E-state index contributed by atoms with van der Waals surface area (Å²) in [6.45, 7) is 4.80. The standard InChI is InChI=1S/C17H32/c1-3-5-10-16(13-14-8-6-9-14)17(4-2)15-11-7-12-15/h14-17H,3-13H2,1-2H3. The van der Waals surface area contributed by atoms with E-state index in [9.17, 15) is 0 Å². The Morgan fingerprint density at radius 1 is 1.00 bits per heavy atom. The second-order valence-electron chi connectivity index (χ2n) is 6.70. The Hall–Kier alpha value is 0. The molecular weight excluding hydrogens is 204 g/mol. The maximum absolute atomic E-state index is 2.45. The molecule has 0 aromatic heterocycles. The van der Waals surface area contributed by atoms with Gasteiger partial charge in [-0.3, -0.25) is 0 Å². The molecule has 0 saturated heterocycles. The minimum absolute atomic E-state index is 1.08. The third kappa shape index (κ3) is 3.48. The molecule has 2 unspecified atom stereocenters. The molecule has 0 N–H and O–H groups in total. The van der Waals surface area contributed by atoms with Crippen LogP contribution in [0.25, 0.3) is 0 Å². The van der Waals surface area contributed by atoms with Gasteiger partial charge in [-0.2, -0.15) is 0 Å². The van der Waals surface area contributed by atoms with Gasteiger partial charge in [0.25, 0.3) is 0 Å². The van der Waals surface area contributed by atoms with E-state index in [2.05, 4.69) is 13.8 Å². The minimum atomic E-state index is 1.08. The van der Waals surface area contributed by atoms with Crippen LogP contribution in [0.4, 0.5) is 0 Å². The zero-order chi connectivity index (χ0) is 12.1. The van der Waals surface area contributed by atoms with E-state index >= 15 is 0 Å². The molecule has 0 heteroatoms. The molecule has 0 aliphatic heterocycles. The molecule has 2 saturated carbocycles. The summed E-state index contributed by atoms with van der Waals surface area (Å²) in [5.74, 6) is 4.39. The van der Waals surface area contributed by atoms with Crippen LogP contribution in [-0.4, -0.2) is 0 Å². The van der Waals surface area contributed by atoms with Crippen molar-refractivity contribution in [3.63, 3.8) is 0 Å². The van der Waals surface area contributed by atoms with E-state index in [-0.39, 0.29) is 0 Å². The molecule has 0 aromatic carbocycles. The van der Waals surface area contributed by atoms with Crippen molar-refractivity contribution in [2.45, 2.75) is 84.5 Å². The minimum Gasteiger partial charge on any atom is -0.0654 e. The first kappa shape index (κ1) is 13.4. The molecule has 0 spiro atoms. The smallest absolute Gasteiger partial charge is 0.0360 e. The van der Waals surface area contributed by atoms with Gasteiger partial charge in [0.1, 0.15) is 0 Å². The second kappa shape index (κ2) is 6.81. The summed E-state index contributed by atoms with van der Waals surface area (Å²) in [7, 11) is 0. The average Bonchev–Trinajstić information content (AvgIpc) is 2.21. The number of hydrogen-bond donors (Lipinski definition) is 0. The van der Waals surface area contributed by atoms with Crippen molar-refractivity contribution in [3.8, 4) is 0 Å². The van der Waals surface area contributed by atoms with Gasteiger partial charge in [0, 0.05) is 0 Å². The summed E-state index contributed by atoms with van der Waals surface area (Å²) >= 11 is 0. The van der Waals surface area contributed by atoms with Crippen LogP contribution >= 0.6 is 0 Å². The van der Waals surface area contributed by atoms with Gasteiger partial charge in [0.2, 0.25) is 0 Å². The SMILES string of the molecule is CCCCC(CC1CCC1)C(CC)C1CCC1. The summed E-state index contributed by atoms with van der Waals surface area (Å²) in [6, 6.07) is 0. The Kier molecular flexibility index (Phi) is 5.38. The lowest BCUT2D eigenvalue weighted by atomic mass is 9.65. The summed E-state index contributed by atoms with van der Waals surface area (Å²) in [5.41, 5.74) is 0. The molecule has 2 rings (SSSR count). The highest BCUT2D eigenvalue weighted by Gasteiger charge is 2.33. The fraction of sp³-hybridized carbons (Fsp3) is 1.00. The van der Waals surface area contributed by atoms with Crippen LogP contribution in [0.5, 0.6) is 0 Å². The van der Waals surface area contributed by atoms with Gasteiger partial charge in [-0.15, -0.1) is 0 Å². The van der Waals surface area contributed by atoms with E-state index < -0.39 is 0 Å². The van der Waals surface area contributed by atoms with Crippen molar-refractivity contribution < 1.29 is 0 Å². The van der Waals surface area contributed by atoms with Gasteiger partial charge >= 0.3 is 0 Å². The lowest BCUT2D eigenvalue weighted by Crippen LogP contribution is -2.30. The van der Waals surface area contributed by atoms with E-state index in [1.807, 2.05) is 0 Å². The van der Waals surface area contributed by atoms with E-state index in [1.54, 1.807) is 32.1 Å². The molecule has 0 amide bonds. The zero-order valence-electron chi connectivity index (χ0n) is 12.1. The molecule has 2 aliphatic rings. The van der Waals surface area contributed by atoms with Gasteiger partial charge in [0.15, 0.2) is 0 Å². The highest BCUT2D eigenvalue weighted by molar-refractivity contribution is 4.84. The highest BCUT2D eigenvalue weighted by Crippen LogP contribution is 2.44. The van der Waals surface area contributed by atoms with Gasteiger partial charge < -0.3 is 0 Å². The third-order valence-corrected chi connectivity index (χ3v) is 5.62. The van der Waals surface area contributed by atoms with E-state index in [0.29, 0.717) is 0 Å². The summed E-state index contributed by atoms with van der Waals surface area (Å²) in [4.78, 5) is 0. The molecule has 2 atom stereocenters. The van der Waals surface area contributed by atoms with E-state index in [0.717, 1.165) is 23.7 Å². The molecule has 0 nitrogen and oxygen atoms in total. The summed E-state index contributed by atoms with van der Waals surface area (Å²) in [5, 5.41) is 0. The van der Waals surface area contributed by atoms with Crippen molar-refractivity contribution in [1.29, 1.82) is 0 Å². The fourth-order valence-corrected chi connectivity index (χ4v) is 4.05. The van der Waals surface area contributed by atoms with Crippen molar-refractivity contribution in [2.24, 2.45) is 23.7 Å². The highest BCUT2D eigenvalue weighted by atomic mass is 14.4. The first-order valence-corrected chi connectivity index (χ1v) is 8.35. The zero-order valence-corrected chi connectivity index (χ0v) is 12.1.